The molecule has 146 valence electrons. The highest BCUT2D eigenvalue weighted by Crippen LogP contribution is 2.37. The molecule has 0 aliphatic rings. The second-order valence-electron chi connectivity index (χ2n) is 5.68. The van der Waals surface area contributed by atoms with E-state index in [2.05, 4.69) is 10.2 Å². The maximum atomic E-state index is 13.1. The van der Waals surface area contributed by atoms with Gasteiger partial charge in [0.1, 0.15) is 5.75 Å². The van der Waals surface area contributed by atoms with Crippen molar-refractivity contribution in [1.29, 1.82) is 0 Å². The van der Waals surface area contributed by atoms with Crippen molar-refractivity contribution in [2.45, 2.75) is 19.1 Å². The lowest BCUT2D eigenvalue weighted by atomic mass is 9.94. The fourth-order valence-electron chi connectivity index (χ4n) is 2.64. The van der Waals surface area contributed by atoms with Gasteiger partial charge < -0.3 is 14.3 Å². The number of carbonyl (C=O) groups is 1. The zero-order chi connectivity index (χ0) is 20.0. The molecule has 0 heterocycles. The van der Waals surface area contributed by atoms with Gasteiger partial charge in [0, 0.05) is 12.1 Å². The number of esters is 1. The fraction of sp³-hybridized carbons (Fsp3) is 0.316. The average Bonchev–Trinajstić information content (AvgIpc) is 2.65. The second kappa shape index (κ2) is 8.88. The standard InChI is InChI=1S/C19H20F3NO4/c1-25-17-7-4-12(9-18(24)26-2)8-16(17)15-6-5-14(19(20,21)22)10-13(15)11-23-27-3/h4-8,10,23H,9,11H2,1-3H3. The molecule has 0 spiro atoms. The Labute approximate surface area is 155 Å². The highest BCUT2D eigenvalue weighted by atomic mass is 19.4. The van der Waals surface area contributed by atoms with Crippen LogP contribution in [0.4, 0.5) is 13.2 Å². The molecule has 0 aliphatic heterocycles. The molecule has 27 heavy (non-hydrogen) atoms. The molecule has 8 heteroatoms. The average molecular weight is 383 g/mol. The van der Waals surface area contributed by atoms with E-state index in [1.807, 2.05) is 0 Å². The molecule has 0 amide bonds. The number of halogens is 3. The van der Waals surface area contributed by atoms with E-state index in [0.29, 0.717) is 28.0 Å². The van der Waals surface area contributed by atoms with Crippen molar-refractivity contribution in [2.75, 3.05) is 21.3 Å². The second-order valence-corrected chi connectivity index (χ2v) is 5.68. The van der Waals surface area contributed by atoms with Crippen molar-refractivity contribution in [3.63, 3.8) is 0 Å². The number of carbonyl (C=O) groups excluding carboxylic acids is 1. The van der Waals surface area contributed by atoms with E-state index in [0.717, 1.165) is 12.1 Å². The monoisotopic (exact) mass is 383 g/mol. The van der Waals surface area contributed by atoms with E-state index >= 15 is 0 Å². The van der Waals surface area contributed by atoms with Crippen LogP contribution in [0.3, 0.4) is 0 Å². The molecule has 1 N–H and O–H groups in total. The number of hydrogen-bond acceptors (Lipinski definition) is 5. The summed E-state index contributed by atoms with van der Waals surface area (Å²) in [7, 11) is 4.14. The lowest BCUT2D eigenvalue weighted by molar-refractivity contribution is -0.140. The normalized spacial score (nSPS) is 11.3. The van der Waals surface area contributed by atoms with Gasteiger partial charge in [0.05, 0.1) is 33.3 Å². The van der Waals surface area contributed by atoms with E-state index in [9.17, 15) is 18.0 Å². The number of rotatable bonds is 7. The minimum Gasteiger partial charge on any atom is -0.496 e. The first-order valence-electron chi connectivity index (χ1n) is 8.00. The highest BCUT2D eigenvalue weighted by molar-refractivity contribution is 5.77. The Balaban J connectivity index is 2.57. The first-order chi connectivity index (χ1) is 12.8. The van der Waals surface area contributed by atoms with E-state index in [-0.39, 0.29) is 13.0 Å². The summed E-state index contributed by atoms with van der Waals surface area (Å²) < 4.78 is 49.3. The van der Waals surface area contributed by atoms with Gasteiger partial charge in [0.15, 0.2) is 0 Å². The Morgan fingerprint density at radius 2 is 1.78 bits per heavy atom. The number of hydrogen-bond donors (Lipinski definition) is 1. The predicted octanol–water partition coefficient (Wildman–Crippen LogP) is 3.75. The summed E-state index contributed by atoms with van der Waals surface area (Å²) in [5.41, 5.74) is 3.94. The molecule has 0 fully saturated rings. The fourth-order valence-corrected chi connectivity index (χ4v) is 2.64. The van der Waals surface area contributed by atoms with Crippen molar-refractivity contribution >= 4 is 5.97 Å². The van der Waals surface area contributed by atoms with Gasteiger partial charge in [-0.15, -0.1) is 0 Å². The highest BCUT2D eigenvalue weighted by Gasteiger charge is 2.31. The maximum Gasteiger partial charge on any atom is 0.416 e. The van der Waals surface area contributed by atoms with Crippen LogP contribution < -0.4 is 10.2 Å². The van der Waals surface area contributed by atoms with E-state index < -0.39 is 17.7 Å². The summed E-state index contributed by atoms with van der Waals surface area (Å²) in [6, 6.07) is 8.53. The molecule has 0 unspecified atom stereocenters. The summed E-state index contributed by atoms with van der Waals surface area (Å²) in [5, 5.41) is 0. The predicted molar refractivity (Wildman–Crippen MR) is 93.0 cm³/mol. The summed E-state index contributed by atoms with van der Waals surface area (Å²) >= 11 is 0. The van der Waals surface area contributed by atoms with Crippen LogP contribution in [0.1, 0.15) is 16.7 Å². The number of nitrogens with one attached hydrogen (secondary N) is 1. The Kier molecular flexibility index (Phi) is 6.81. The molecule has 0 aliphatic carbocycles. The van der Waals surface area contributed by atoms with E-state index in [4.69, 9.17) is 9.57 Å². The molecule has 0 saturated heterocycles. The van der Waals surface area contributed by atoms with Crippen molar-refractivity contribution in [3.8, 4) is 16.9 Å². The van der Waals surface area contributed by atoms with E-state index in [1.54, 1.807) is 18.2 Å². The third-order valence-corrected chi connectivity index (χ3v) is 3.97. The Morgan fingerprint density at radius 1 is 1.04 bits per heavy atom. The largest absolute Gasteiger partial charge is 0.496 e. The summed E-state index contributed by atoms with van der Waals surface area (Å²) in [5.74, 6) is 0.0573. The molecular formula is C19H20F3NO4. The van der Waals surface area contributed by atoms with Gasteiger partial charge in [-0.25, -0.2) is 0 Å². The van der Waals surface area contributed by atoms with Gasteiger partial charge in [-0.05, 0) is 41.0 Å². The third kappa shape index (κ3) is 5.21. The molecule has 2 rings (SSSR count). The Bertz CT molecular complexity index is 806. The smallest absolute Gasteiger partial charge is 0.416 e. The topological polar surface area (TPSA) is 56.8 Å². The molecule has 5 nitrogen and oxygen atoms in total. The van der Waals surface area contributed by atoms with Gasteiger partial charge in [-0.1, -0.05) is 12.1 Å². The zero-order valence-electron chi connectivity index (χ0n) is 15.1. The molecule has 0 atom stereocenters. The lowest BCUT2D eigenvalue weighted by Gasteiger charge is -2.17. The summed E-state index contributed by atoms with van der Waals surface area (Å²) in [4.78, 5) is 16.3. The van der Waals surface area contributed by atoms with Gasteiger partial charge in [-0.2, -0.15) is 18.7 Å². The van der Waals surface area contributed by atoms with Crippen LogP contribution in [-0.2, 0) is 33.5 Å². The number of benzene rings is 2. The minimum absolute atomic E-state index is 0.0415. The number of ether oxygens (including phenoxy) is 2. The van der Waals surface area contributed by atoms with Crippen LogP contribution in [0.25, 0.3) is 11.1 Å². The SMILES string of the molecule is CONCc1cc(C(F)(F)F)ccc1-c1cc(CC(=O)OC)ccc1OC. The lowest BCUT2D eigenvalue weighted by Crippen LogP contribution is -2.14. The first kappa shape index (κ1) is 20.7. The van der Waals surface area contributed by atoms with E-state index in [1.165, 1.54) is 27.4 Å². The van der Waals surface area contributed by atoms with Crippen molar-refractivity contribution < 1.29 is 32.3 Å². The molecule has 2 aromatic carbocycles. The van der Waals surface area contributed by atoms with Crippen LogP contribution >= 0.6 is 0 Å². The van der Waals surface area contributed by atoms with Gasteiger partial charge >= 0.3 is 12.1 Å². The number of methoxy groups -OCH3 is 2. The quantitative estimate of drug-likeness (QED) is 0.583. The van der Waals surface area contributed by atoms with Crippen LogP contribution in [0.5, 0.6) is 5.75 Å². The Hall–Kier alpha value is -2.58. The first-order valence-corrected chi connectivity index (χ1v) is 8.00. The van der Waals surface area contributed by atoms with Crippen LogP contribution in [0.2, 0.25) is 0 Å². The van der Waals surface area contributed by atoms with Crippen LogP contribution in [0.15, 0.2) is 36.4 Å². The molecular weight excluding hydrogens is 363 g/mol. The van der Waals surface area contributed by atoms with Crippen molar-refractivity contribution in [2.24, 2.45) is 0 Å². The van der Waals surface area contributed by atoms with Gasteiger partial charge in [0.2, 0.25) is 0 Å². The van der Waals surface area contributed by atoms with Gasteiger partial charge in [-0.3, -0.25) is 4.79 Å². The zero-order valence-corrected chi connectivity index (χ0v) is 15.1. The molecule has 0 saturated carbocycles. The van der Waals surface area contributed by atoms with Crippen LogP contribution in [-0.4, -0.2) is 27.3 Å². The molecule has 2 aromatic rings. The summed E-state index contributed by atoms with van der Waals surface area (Å²) in [6.45, 7) is 0.0557. The van der Waals surface area contributed by atoms with Crippen LogP contribution in [0, 0.1) is 0 Å². The number of alkyl halides is 3. The maximum absolute atomic E-state index is 13.1. The minimum atomic E-state index is -4.46. The molecule has 0 aromatic heterocycles. The molecule has 0 radical (unpaired) electrons. The Morgan fingerprint density at radius 3 is 2.37 bits per heavy atom. The third-order valence-electron chi connectivity index (χ3n) is 3.97. The van der Waals surface area contributed by atoms with Crippen molar-refractivity contribution in [1.82, 2.24) is 5.48 Å². The van der Waals surface area contributed by atoms with Gasteiger partial charge in [0.25, 0.3) is 0 Å². The molecule has 0 bridgehead atoms. The number of hydroxylamine groups is 1. The van der Waals surface area contributed by atoms with Crippen molar-refractivity contribution in [3.05, 3.63) is 53.1 Å². The summed E-state index contributed by atoms with van der Waals surface area (Å²) in [6.07, 6.45) is -4.42.